The van der Waals surface area contributed by atoms with Crippen molar-refractivity contribution < 1.29 is 19.8 Å². The molecule has 1 aromatic carbocycles. The van der Waals surface area contributed by atoms with Gasteiger partial charge in [0.2, 0.25) is 0 Å². The van der Waals surface area contributed by atoms with E-state index in [9.17, 15) is 19.8 Å². The molecule has 5 nitrogen and oxygen atoms in total. The summed E-state index contributed by atoms with van der Waals surface area (Å²) < 4.78 is 0. The highest BCUT2D eigenvalue weighted by molar-refractivity contribution is 6.07. The Balaban J connectivity index is 2.07. The van der Waals surface area contributed by atoms with Crippen LogP contribution in [0.5, 0.6) is 5.75 Å². The van der Waals surface area contributed by atoms with Crippen molar-refractivity contribution in [2.24, 2.45) is 17.3 Å². The molecule has 2 N–H and O–H groups in total. The number of hydrogen-bond acceptors (Lipinski definition) is 4. The zero-order chi connectivity index (χ0) is 21.0. The van der Waals surface area contributed by atoms with Crippen LogP contribution in [0, 0.1) is 17.3 Å². The number of rotatable bonds is 7. The number of carbonyl (C=O) groups is 2. The molecule has 1 fully saturated rings. The number of phenolic OH excluding ortho intramolecular Hbond substituents is 1. The van der Waals surface area contributed by atoms with Gasteiger partial charge in [0.15, 0.2) is 5.78 Å². The first-order valence-electron chi connectivity index (χ1n) is 10.7. The van der Waals surface area contributed by atoms with Crippen LogP contribution in [0.1, 0.15) is 56.3 Å². The Morgan fingerprint density at radius 2 is 1.79 bits per heavy atom. The van der Waals surface area contributed by atoms with Gasteiger partial charge in [0, 0.05) is 24.8 Å². The SMILES string of the molecule is CCN(CC)c1ccc(C(=O)C2(C3CCCCC3)C=CC=CC2C(=O)O)c(O)c1. The summed E-state index contributed by atoms with van der Waals surface area (Å²) in [6.45, 7) is 5.66. The van der Waals surface area contributed by atoms with E-state index in [1.54, 1.807) is 36.4 Å². The number of phenols is 1. The number of carboxylic acid groups (broad SMARTS) is 1. The number of aliphatic carboxylic acids is 1. The molecule has 2 atom stereocenters. The predicted molar refractivity (Wildman–Crippen MR) is 114 cm³/mol. The van der Waals surface area contributed by atoms with Crippen molar-refractivity contribution in [3.05, 3.63) is 48.1 Å². The minimum Gasteiger partial charge on any atom is -0.507 e. The predicted octanol–water partition coefficient (Wildman–Crippen LogP) is 4.81. The Bertz CT molecular complexity index is 818. The van der Waals surface area contributed by atoms with Crippen molar-refractivity contribution in [2.75, 3.05) is 18.0 Å². The molecule has 2 unspecified atom stereocenters. The number of aromatic hydroxyl groups is 1. The number of carbonyl (C=O) groups excluding carboxylic acids is 1. The second kappa shape index (κ2) is 8.85. The van der Waals surface area contributed by atoms with Crippen LogP contribution in [0.15, 0.2) is 42.5 Å². The quantitative estimate of drug-likeness (QED) is 0.645. The van der Waals surface area contributed by atoms with Gasteiger partial charge in [0.1, 0.15) is 5.75 Å². The smallest absolute Gasteiger partial charge is 0.311 e. The Labute approximate surface area is 172 Å². The molecule has 0 radical (unpaired) electrons. The van der Waals surface area contributed by atoms with Crippen molar-refractivity contribution in [3.63, 3.8) is 0 Å². The van der Waals surface area contributed by atoms with E-state index in [0.29, 0.717) is 0 Å². The Morgan fingerprint density at radius 3 is 2.38 bits per heavy atom. The molecular formula is C24H31NO4. The molecule has 5 heteroatoms. The minimum absolute atomic E-state index is 0.0482. The normalized spacial score (nSPS) is 24.4. The maximum atomic E-state index is 13.9. The molecule has 0 spiro atoms. The average Bonchev–Trinajstić information content (AvgIpc) is 2.74. The van der Waals surface area contributed by atoms with E-state index in [4.69, 9.17) is 0 Å². The van der Waals surface area contributed by atoms with Gasteiger partial charge in [-0.3, -0.25) is 9.59 Å². The van der Waals surface area contributed by atoms with E-state index in [-0.39, 0.29) is 23.0 Å². The van der Waals surface area contributed by atoms with Gasteiger partial charge in [-0.25, -0.2) is 0 Å². The first-order chi connectivity index (χ1) is 14.0. The Morgan fingerprint density at radius 1 is 1.10 bits per heavy atom. The highest BCUT2D eigenvalue weighted by Gasteiger charge is 2.52. The molecule has 1 saturated carbocycles. The molecule has 0 heterocycles. The summed E-state index contributed by atoms with van der Waals surface area (Å²) in [5.41, 5.74) is -0.0998. The highest BCUT2D eigenvalue weighted by Crippen LogP contribution is 2.50. The van der Waals surface area contributed by atoms with Crippen LogP contribution < -0.4 is 4.90 Å². The van der Waals surface area contributed by atoms with Crippen molar-refractivity contribution in [2.45, 2.75) is 46.0 Å². The van der Waals surface area contributed by atoms with Crippen molar-refractivity contribution in [1.29, 1.82) is 0 Å². The number of nitrogens with zero attached hydrogens (tertiary/aromatic N) is 1. The lowest BCUT2D eigenvalue weighted by atomic mass is 9.57. The molecule has 156 valence electrons. The van der Waals surface area contributed by atoms with E-state index in [2.05, 4.69) is 4.90 Å². The highest BCUT2D eigenvalue weighted by atomic mass is 16.4. The Hall–Kier alpha value is -2.56. The molecule has 3 rings (SSSR count). The topological polar surface area (TPSA) is 77.8 Å². The molecule has 0 amide bonds. The van der Waals surface area contributed by atoms with Gasteiger partial charge in [0.05, 0.1) is 16.9 Å². The molecular weight excluding hydrogens is 366 g/mol. The number of carboxylic acids is 1. The van der Waals surface area contributed by atoms with Crippen LogP contribution in [-0.2, 0) is 4.79 Å². The van der Waals surface area contributed by atoms with Crippen molar-refractivity contribution >= 4 is 17.4 Å². The maximum Gasteiger partial charge on any atom is 0.311 e. The number of allylic oxidation sites excluding steroid dienone is 3. The van der Waals surface area contributed by atoms with Gasteiger partial charge in [0.25, 0.3) is 0 Å². The number of anilines is 1. The van der Waals surface area contributed by atoms with Crippen molar-refractivity contribution in [3.8, 4) is 5.75 Å². The number of benzene rings is 1. The van der Waals surface area contributed by atoms with Gasteiger partial charge < -0.3 is 15.1 Å². The average molecular weight is 398 g/mol. The summed E-state index contributed by atoms with van der Waals surface area (Å²) in [5.74, 6) is -2.34. The third kappa shape index (κ3) is 3.83. The van der Waals surface area contributed by atoms with Gasteiger partial charge in [-0.1, -0.05) is 43.6 Å². The zero-order valence-corrected chi connectivity index (χ0v) is 17.3. The van der Waals surface area contributed by atoms with Crippen LogP contribution in [0.25, 0.3) is 0 Å². The fourth-order valence-electron chi connectivity index (χ4n) is 5.04. The van der Waals surface area contributed by atoms with Gasteiger partial charge in [-0.2, -0.15) is 0 Å². The van der Waals surface area contributed by atoms with E-state index < -0.39 is 17.3 Å². The monoisotopic (exact) mass is 397 g/mol. The summed E-state index contributed by atoms with van der Waals surface area (Å²) in [7, 11) is 0. The lowest BCUT2D eigenvalue weighted by molar-refractivity contribution is -0.143. The van der Waals surface area contributed by atoms with E-state index >= 15 is 0 Å². The molecule has 0 saturated heterocycles. The van der Waals surface area contributed by atoms with E-state index in [1.165, 1.54) is 0 Å². The first-order valence-corrected chi connectivity index (χ1v) is 10.7. The molecule has 29 heavy (non-hydrogen) atoms. The minimum atomic E-state index is -1.16. The van der Waals surface area contributed by atoms with Crippen LogP contribution >= 0.6 is 0 Å². The lowest BCUT2D eigenvalue weighted by Crippen LogP contribution is -2.47. The van der Waals surface area contributed by atoms with E-state index in [0.717, 1.165) is 50.9 Å². The first kappa shape index (κ1) is 21.2. The number of ketones is 1. The third-order valence-corrected chi connectivity index (χ3v) is 6.60. The second-order valence-electron chi connectivity index (χ2n) is 8.03. The molecule has 0 aliphatic heterocycles. The summed E-state index contributed by atoms with van der Waals surface area (Å²) >= 11 is 0. The zero-order valence-electron chi connectivity index (χ0n) is 17.3. The van der Waals surface area contributed by atoms with E-state index in [1.807, 2.05) is 19.9 Å². The standard InChI is InChI=1S/C24H31NO4/c1-3-25(4-2)18-13-14-19(21(26)16-18)22(27)24(17-10-6-5-7-11-17)15-9-8-12-20(24)23(28)29/h8-9,12-17,20,26H,3-7,10-11H2,1-2H3,(H,28,29). The van der Waals surface area contributed by atoms with Gasteiger partial charge in [-0.05, 0) is 44.7 Å². The maximum absolute atomic E-state index is 13.9. The Kier molecular flexibility index (Phi) is 6.46. The number of hydrogen-bond donors (Lipinski definition) is 2. The van der Waals surface area contributed by atoms with Gasteiger partial charge >= 0.3 is 5.97 Å². The second-order valence-corrected chi connectivity index (χ2v) is 8.03. The fourth-order valence-corrected chi connectivity index (χ4v) is 5.04. The third-order valence-electron chi connectivity index (χ3n) is 6.60. The molecule has 0 bridgehead atoms. The molecule has 2 aliphatic rings. The van der Waals surface area contributed by atoms with Crippen LogP contribution in [0.3, 0.4) is 0 Å². The largest absolute Gasteiger partial charge is 0.507 e. The van der Waals surface area contributed by atoms with Crippen LogP contribution in [-0.4, -0.2) is 35.1 Å². The van der Waals surface area contributed by atoms with Crippen LogP contribution in [0.4, 0.5) is 5.69 Å². The fraction of sp³-hybridized carbons (Fsp3) is 0.500. The van der Waals surface area contributed by atoms with Crippen molar-refractivity contribution in [1.82, 2.24) is 0 Å². The molecule has 0 aromatic heterocycles. The lowest BCUT2D eigenvalue weighted by Gasteiger charge is -2.43. The summed E-state index contributed by atoms with van der Waals surface area (Å²) in [6.07, 6.45) is 11.6. The summed E-state index contributed by atoms with van der Waals surface area (Å²) in [4.78, 5) is 28.1. The molecule has 2 aliphatic carbocycles. The van der Waals surface area contributed by atoms with Gasteiger partial charge in [-0.15, -0.1) is 0 Å². The summed E-state index contributed by atoms with van der Waals surface area (Å²) in [5, 5.41) is 20.7. The van der Waals surface area contributed by atoms with Crippen LogP contribution in [0.2, 0.25) is 0 Å². The molecule has 1 aromatic rings. The summed E-state index contributed by atoms with van der Waals surface area (Å²) in [6, 6.07) is 5.11. The number of Topliss-reactive ketones (excluding diaryl/α,β-unsaturated/α-hetero) is 1.